The summed E-state index contributed by atoms with van der Waals surface area (Å²) in [6, 6.07) is 6.26. The van der Waals surface area contributed by atoms with Gasteiger partial charge in [-0.3, -0.25) is 0 Å². The topological polar surface area (TPSA) is 15.8 Å². The van der Waals surface area contributed by atoms with Crippen LogP contribution in [0, 0.1) is 17.8 Å². The van der Waals surface area contributed by atoms with Crippen molar-refractivity contribution in [1.29, 1.82) is 0 Å². The number of H-pyrrole nitrogens is 1. The van der Waals surface area contributed by atoms with Crippen molar-refractivity contribution in [2.75, 3.05) is 0 Å². The molecule has 0 amide bonds. The summed E-state index contributed by atoms with van der Waals surface area (Å²) in [6.07, 6.45) is 10.7. The number of rotatable bonds is 7. The van der Waals surface area contributed by atoms with Crippen LogP contribution < -0.4 is 0 Å². The maximum Gasteiger partial charge on any atom is 0.0460 e. The lowest BCUT2D eigenvalue weighted by molar-refractivity contribution is 0.354. The largest absolute Gasteiger partial charge is 0.358 e. The minimum absolute atomic E-state index is 0.850. The minimum atomic E-state index is 0.850. The van der Waals surface area contributed by atoms with Gasteiger partial charge in [0.1, 0.15) is 0 Å². The van der Waals surface area contributed by atoms with E-state index in [2.05, 4.69) is 37.9 Å². The SMILES string of the molecule is CC(C)CCCC(C)CCC1CCc2[nH]c3ccc(Cl)cc3c2C1. The summed E-state index contributed by atoms with van der Waals surface area (Å²) in [5.41, 5.74) is 4.25. The molecule has 1 aliphatic rings. The van der Waals surface area contributed by atoms with Crippen molar-refractivity contribution in [3.8, 4) is 0 Å². The van der Waals surface area contributed by atoms with Gasteiger partial charge in [0.25, 0.3) is 0 Å². The zero-order valence-corrected chi connectivity index (χ0v) is 16.3. The normalized spacial score (nSPS) is 19.0. The van der Waals surface area contributed by atoms with Crippen molar-refractivity contribution < 1.29 is 0 Å². The van der Waals surface area contributed by atoms with E-state index in [0.29, 0.717) is 0 Å². The first kappa shape index (κ1) is 17.9. The van der Waals surface area contributed by atoms with Crippen molar-refractivity contribution in [2.24, 2.45) is 17.8 Å². The second kappa shape index (κ2) is 7.95. The Hall–Kier alpha value is -0.950. The van der Waals surface area contributed by atoms with Gasteiger partial charge >= 0.3 is 0 Å². The molecule has 1 aliphatic carbocycles. The van der Waals surface area contributed by atoms with Gasteiger partial charge in [-0.15, -0.1) is 0 Å². The summed E-state index contributed by atoms with van der Waals surface area (Å²) < 4.78 is 0. The van der Waals surface area contributed by atoms with Crippen molar-refractivity contribution in [2.45, 2.75) is 72.1 Å². The number of hydrogen-bond donors (Lipinski definition) is 1. The second-order valence-electron chi connectivity index (χ2n) is 8.39. The van der Waals surface area contributed by atoms with E-state index in [1.165, 1.54) is 73.5 Å². The van der Waals surface area contributed by atoms with E-state index in [0.717, 1.165) is 22.8 Å². The first-order valence-electron chi connectivity index (χ1n) is 9.82. The monoisotopic (exact) mass is 345 g/mol. The average molecular weight is 346 g/mol. The van der Waals surface area contributed by atoms with E-state index in [1.54, 1.807) is 0 Å². The van der Waals surface area contributed by atoms with Crippen LogP contribution in [0.3, 0.4) is 0 Å². The van der Waals surface area contributed by atoms with E-state index in [9.17, 15) is 0 Å². The van der Waals surface area contributed by atoms with Crippen molar-refractivity contribution >= 4 is 22.5 Å². The van der Waals surface area contributed by atoms with Gasteiger partial charge in [0.05, 0.1) is 0 Å². The zero-order valence-electron chi connectivity index (χ0n) is 15.5. The predicted octanol–water partition coefficient (Wildman–Crippen LogP) is 7.17. The molecule has 1 nitrogen and oxygen atoms in total. The Kier molecular flexibility index (Phi) is 5.92. The highest BCUT2D eigenvalue weighted by Gasteiger charge is 2.22. The molecular formula is C22H32ClN. The maximum absolute atomic E-state index is 6.21. The number of aryl methyl sites for hydroxylation is 1. The molecular weight excluding hydrogens is 314 g/mol. The van der Waals surface area contributed by atoms with Gasteiger partial charge in [-0.05, 0) is 67.2 Å². The molecule has 0 saturated carbocycles. The third kappa shape index (κ3) is 4.36. The van der Waals surface area contributed by atoms with Crippen LogP contribution >= 0.6 is 11.6 Å². The van der Waals surface area contributed by atoms with Gasteiger partial charge in [0.15, 0.2) is 0 Å². The maximum atomic E-state index is 6.21. The summed E-state index contributed by atoms with van der Waals surface area (Å²) in [7, 11) is 0. The van der Waals surface area contributed by atoms with E-state index in [-0.39, 0.29) is 0 Å². The summed E-state index contributed by atoms with van der Waals surface area (Å²) in [4.78, 5) is 3.61. The summed E-state index contributed by atoms with van der Waals surface area (Å²) in [5.74, 6) is 2.58. The van der Waals surface area contributed by atoms with E-state index >= 15 is 0 Å². The van der Waals surface area contributed by atoms with E-state index in [4.69, 9.17) is 11.6 Å². The Balaban J connectivity index is 1.55. The fourth-order valence-electron chi connectivity index (χ4n) is 4.25. The standard InChI is InChI=1S/C22H32ClN/c1-15(2)5-4-6-16(3)7-8-17-9-11-21-19(13-17)20-14-18(23)10-12-22(20)24-21/h10,12,14-17,24H,4-9,11,13H2,1-3H3. The number of aromatic nitrogens is 1. The molecule has 0 saturated heterocycles. The van der Waals surface area contributed by atoms with Crippen LogP contribution in [0.25, 0.3) is 10.9 Å². The van der Waals surface area contributed by atoms with Gasteiger partial charge in [-0.25, -0.2) is 0 Å². The lowest BCUT2D eigenvalue weighted by Crippen LogP contribution is -2.14. The number of halogens is 1. The Labute approximate surface area is 152 Å². The average Bonchev–Trinajstić information content (AvgIpc) is 2.90. The molecule has 24 heavy (non-hydrogen) atoms. The smallest absolute Gasteiger partial charge is 0.0460 e. The fraction of sp³-hybridized carbons (Fsp3) is 0.636. The molecule has 2 heteroatoms. The van der Waals surface area contributed by atoms with Crippen LogP contribution in [-0.2, 0) is 12.8 Å². The van der Waals surface area contributed by atoms with Crippen LogP contribution in [0.1, 0.15) is 70.6 Å². The molecule has 132 valence electrons. The molecule has 1 N–H and O–H groups in total. The molecule has 0 radical (unpaired) electrons. The summed E-state index contributed by atoms with van der Waals surface area (Å²) >= 11 is 6.21. The summed E-state index contributed by atoms with van der Waals surface area (Å²) in [6.45, 7) is 7.11. The van der Waals surface area contributed by atoms with Crippen LogP contribution in [0.4, 0.5) is 0 Å². The lowest BCUT2D eigenvalue weighted by atomic mass is 9.82. The van der Waals surface area contributed by atoms with Gasteiger partial charge < -0.3 is 4.98 Å². The van der Waals surface area contributed by atoms with E-state index < -0.39 is 0 Å². The summed E-state index contributed by atoms with van der Waals surface area (Å²) in [5, 5.41) is 2.21. The number of benzene rings is 1. The first-order chi connectivity index (χ1) is 11.5. The molecule has 1 aromatic carbocycles. The Bertz CT molecular complexity index is 670. The first-order valence-corrected chi connectivity index (χ1v) is 10.2. The number of fused-ring (bicyclic) bond motifs is 3. The molecule has 3 rings (SSSR count). The predicted molar refractivity (Wildman–Crippen MR) is 106 cm³/mol. The Morgan fingerprint density at radius 2 is 2.00 bits per heavy atom. The zero-order chi connectivity index (χ0) is 17.1. The quantitative estimate of drug-likeness (QED) is 0.547. The highest BCUT2D eigenvalue weighted by molar-refractivity contribution is 6.31. The van der Waals surface area contributed by atoms with Crippen molar-refractivity contribution in [3.05, 3.63) is 34.5 Å². The van der Waals surface area contributed by atoms with Gasteiger partial charge in [0.2, 0.25) is 0 Å². The van der Waals surface area contributed by atoms with Crippen LogP contribution in [0.5, 0.6) is 0 Å². The number of nitrogens with one attached hydrogen (secondary N) is 1. The lowest BCUT2D eigenvalue weighted by Gasteiger charge is -2.24. The molecule has 0 aliphatic heterocycles. The van der Waals surface area contributed by atoms with Crippen LogP contribution in [0.2, 0.25) is 5.02 Å². The number of aromatic amines is 1. The van der Waals surface area contributed by atoms with Gasteiger partial charge in [0, 0.05) is 21.6 Å². The third-order valence-electron chi connectivity index (χ3n) is 5.80. The van der Waals surface area contributed by atoms with E-state index in [1.807, 2.05) is 6.07 Å². The molecule has 2 aromatic rings. The molecule has 1 aromatic heterocycles. The van der Waals surface area contributed by atoms with Crippen molar-refractivity contribution in [1.82, 2.24) is 4.98 Å². The molecule has 2 atom stereocenters. The molecule has 1 heterocycles. The highest BCUT2D eigenvalue weighted by Crippen LogP contribution is 2.35. The fourth-order valence-corrected chi connectivity index (χ4v) is 4.42. The molecule has 2 unspecified atom stereocenters. The minimum Gasteiger partial charge on any atom is -0.358 e. The number of hydrogen-bond acceptors (Lipinski definition) is 0. The van der Waals surface area contributed by atoms with Crippen LogP contribution in [-0.4, -0.2) is 4.98 Å². The van der Waals surface area contributed by atoms with Crippen molar-refractivity contribution in [3.63, 3.8) is 0 Å². The second-order valence-corrected chi connectivity index (χ2v) is 8.82. The Morgan fingerprint density at radius 3 is 2.79 bits per heavy atom. The van der Waals surface area contributed by atoms with Gasteiger partial charge in [-0.2, -0.15) is 0 Å². The molecule has 0 fully saturated rings. The molecule has 0 spiro atoms. The van der Waals surface area contributed by atoms with Crippen LogP contribution in [0.15, 0.2) is 18.2 Å². The Morgan fingerprint density at radius 1 is 1.17 bits per heavy atom. The van der Waals surface area contributed by atoms with Gasteiger partial charge in [-0.1, -0.05) is 58.1 Å². The third-order valence-corrected chi connectivity index (χ3v) is 6.03. The molecule has 0 bridgehead atoms. The highest BCUT2D eigenvalue weighted by atomic mass is 35.5.